The number of nitrogens with zero attached hydrogens (tertiary/aromatic N) is 1. The fourth-order valence-electron chi connectivity index (χ4n) is 2.74. The molecular formula is C21H23N3O3S. The monoisotopic (exact) mass is 397 g/mol. The second kappa shape index (κ2) is 9.94. The zero-order valence-electron chi connectivity index (χ0n) is 15.7. The molecule has 3 rings (SSSR count). The van der Waals surface area contributed by atoms with Crippen molar-refractivity contribution in [3.05, 3.63) is 65.7 Å². The topological polar surface area (TPSA) is 79.8 Å². The molecule has 2 aromatic carbocycles. The molecule has 1 aliphatic rings. The third kappa shape index (κ3) is 5.85. The first-order valence-corrected chi connectivity index (χ1v) is 9.97. The van der Waals surface area contributed by atoms with Gasteiger partial charge in [0.1, 0.15) is 11.0 Å². The van der Waals surface area contributed by atoms with E-state index in [-0.39, 0.29) is 18.2 Å². The second-order valence-corrected chi connectivity index (χ2v) is 7.55. The average Bonchev–Trinajstić information content (AvgIpc) is 3.07. The maximum absolute atomic E-state index is 12.2. The minimum atomic E-state index is -0.435. The first-order valence-electron chi connectivity index (χ1n) is 9.09. The van der Waals surface area contributed by atoms with Crippen LogP contribution in [-0.2, 0) is 22.6 Å². The lowest BCUT2D eigenvalue weighted by atomic mass is 10.1. The van der Waals surface area contributed by atoms with Crippen LogP contribution >= 0.6 is 11.8 Å². The minimum absolute atomic E-state index is 0.134. The number of carbonyl (C=O) groups excluding carboxylic acids is 2. The Kier molecular flexibility index (Phi) is 7.08. The number of hydrogen-bond donors (Lipinski definition) is 2. The van der Waals surface area contributed by atoms with Crippen LogP contribution in [0.1, 0.15) is 17.5 Å². The molecule has 28 heavy (non-hydrogen) atoms. The van der Waals surface area contributed by atoms with Crippen molar-refractivity contribution in [2.45, 2.75) is 24.6 Å². The molecule has 0 saturated carbocycles. The molecule has 1 aliphatic heterocycles. The summed E-state index contributed by atoms with van der Waals surface area (Å²) in [5.74, 6) is 0.509. The molecule has 1 fully saturated rings. The number of carbonyl (C=O) groups is 2. The van der Waals surface area contributed by atoms with Crippen LogP contribution in [0.25, 0.3) is 0 Å². The van der Waals surface area contributed by atoms with Crippen LogP contribution in [0.4, 0.5) is 0 Å². The summed E-state index contributed by atoms with van der Waals surface area (Å²) < 4.78 is 5.13. The van der Waals surface area contributed by atoms with E-state index in [1.165, 1.54) is 11.8 Å². The summed E-state index contributed by atoms with van der Waals surface area (Å²) in [4.78, 5) is 28.7. The molecule has 0 bridgehead atoms. The number of ether oxygens (including phenoxy) is 1. The van der Waals surface area contributed by atoms with Gasteiger partial charge in [-0.1, -0.05) is 54.2 Å². The Morgan fingerprint density at radius 2 is 1.89 bits per heavy atom. The number of amides is 2. The third-order valence-electron chi connectivity index (χ3n) is 4.29. The first-order chi connectivity index (χ1) is 13.6. The van der Waals surface area contributed by atoms with Gasteiger partial charge in [-0.25, -0.2) is 0 Å². The zero-order chi connectivity index (χ0) is 19.8. The number of rotatable bonds is 8. The van der Waals surface area contributed by atoms with E-state index in [0.717, 1.165) is 23.3 Å². The first kappa shape index (κ1) is 19.9. The van der Waals surface area contributed by atoms with Gasteiger partial charge in [0.15, 0.2) is 5.17 Å². The van der Waals surface area contributed by atoms with Crippen molar-refractivity contribution in [3.8, 4) is 5.75 Å². The predicted octanol–water partition coefficient (Wildman–Crippen LogP) is 2.53. The maximum atomic E-state index is 12.2. The number of benzene rings is 2. The Bertz CT molecular complexity index is 838. The Morgan fingerprint density at radius 1 is 1.14 bits per heavy atom. The van der Waals surface area contributed by atoms with Crippen molar-refractivity contribution in [2.24, 2.45) is 4.99 Å². The number of hydrogen-bond acceptors (Lipinski definition) is 5. The fraction of sp³-hybridized carbons (Fsp3) is 0.286. The van der Waals surface area contributed by atoms with Crippen molar-refractivity contribution in [1.29, 1.82) is 0 Å². The molecule has 0 radical (unpaired) electrons. The zero-order valence-corrected chi connectivity index (χ0v) is 16.5. The van der Waals surface area contributed by atoms with E-state index >= 15 is 0 Å². The molecule has 6 nitrogen and oxygen atoms in total. The third-order valence-corrected chi connectivity index (χ3v) is 5.41. The molecule has 2 amide bonds. The summed E-state index contributed by atoms with van der Waals surface area (Å²) in [6.45, 7) is 1.03. The van der Waals surface area contributed by atoms with E-state index in [0.29, 0.717) is 18.3 Å². The van der Waals surface area contributed by atoms with Crippen LogP contribution in [-0.4, -0.2) is 35.9 Å². The highest BCUT2D eigenvalue weighted by Gasteiger charge is 2.31. The smallest absolute Gasteiger partial charge is 0.240 e. The van der Waals surface area contributed by atoms with Crippen LogP contribution in [0.15, 0.2) is 59.6 Å². The second-order valence-electron chi connectivity index (χ2n) is 6.35. The highest BCUT2D eigenvalue weighted by molar-refractivity contribution is 8.15. The lowest BCUT2D eigenvalue weighted by molar-refractivity contribution is -0.125. The summed E-state index contributed by atoms with van der Waals surface area (Å²) in [5.41, 5.74) is 2.19. The average molecular weight is 398 g/mol. The molecule has 0 aliphatic carbocycles. The molecule has 146 valence electrons. The van der Waals surface area contributed by atoms with Gasteiger partial charge in [0.05, 0.1) is 13.7 Å². The summed E-state index contributed by atoms with van der Waals surface area (Å²) >= 11 is 1.31. The molecule has 1 heterocycles. The number of amidine groups is 1. The van der Waals surface area contributed by atoms with Gasteiger partial charge in [-0.3, -0.25) is 14.6 Å². The quantitative estimate of drug-likeness (QED) is 0.717. The summed E-state index contributed by atoms with van der Waals surface area (Å²) in [6.07, 6.45) is 0.868. The van der Waals surface area contributed by atoms with E-state index in [1.54, 1.807) is 7.11 Å². The molecule has 0 aromatic heterocycles. The van der Waals surface area contributed by atoms with Gasteiger partial charge >= 0.3 is 0 Å². The molecular weight excluding hydrogens is 374 g/mol. The molecule has 1 unspecified atom stereocenters. The molecule has 7 heteroatoms. The number of aliphatic imine (C=N–C) groups is 1. The molecule has 1 atom stereocenters. The van der Waals surface area contributed by atoms with Crippen molar-refractivity contribution in [3.63, 3.8) is 0 Å². The Morgan fingerprint density at radius 3 is 2.61 bits per heavy atom. The lowest BCUT2D eigenvalue weighted by Gasteiger charge is -2.08. The van der Waals surface area contributed by atoms with Crippen LogP contribution in [0.2, 0.25) is 0 Å². The van der Waals surface area contributed by atoms with Gasteiger partial charge in [0.25, 0.3) is 0 Å². The lowest BCUT2D eigenvalue weighted by Crippen LogP contribution is -2.32. The number of nitrogens with one attached hydrogen (secondary N) is 2. The van der Waals surface area contributed by atoms with E-state index in [4.69, 9.17) is 4.74 Å². The highest BCUT2D eigenvalue weighted by atomic mass is 32.2. The minimum Gasteiger partial charge on any atom is -0.497 e. The Balaban J connectivity index is 1.41. The van der Waals surface area contributed by atoms with Crippen molar-refractivity contribution in [2.75, 3.05) is 13.7 Å². The van der Waals surface area contributed by atoms with Crippen molar-refractivity contribution in [1.82, 2.24) is 10.6 Å². The maximum Gasteiger partial charge on any atom is 0.240 e. The van der Waals surface area contributed by atoms with E-state index in [2.05, 4.69) is 15.6 Å². The summed E-state index contributed by atoms with van der Waals surface area (Å²) in [6, 6.07) is 17.6. The Labute approximate surface area is 168 Å². The van der Waals surface area contributed by atoms with Gasteiger partial charge < -0.3 is 15.4 Å². The largest absolute Gasteiger partial charge is 0.497 e. The van der Waals surface area contributed by atoms with Gasteiger partial charge in [0.2, 0.25) is 11.8 Å². The van der Waals surface area contributed by atoms with E-state index in [9.17, 15) is 9.59 Å². The summed E-state index contributed by atoms with van der Waals surface area (Å²) in [5, 5.41) is 5.77. The van der Waals surface area contributed by atoms with Gasteiger partial charge in [0, 0.05) is 13.0 Å². The van der Waals surface area contributed by atoms with Crippen molar-refractivity contribution < 1.29 is 14.3 Å². The van der Waals surface area contributed by atoms with Crippen LogP contribution < -0.4 is 15.4 Å². The standard InChI is InChI=1S/C21H23N3O3S/c1-27-17-9-7-15(8-10-17)11-12-22-19(25)13-18-20(26)24-21(28-18)23-14-16-5-3-2-4-6-16/h2-10,18H,11-14H2,1H3,(H,22,25)(H,23,24,26). The molecule has 1 saturated heterocycles. The molecule has 0 spiro atoms. The predicted molar refractivity (Wildman–Crippen MR) is 111 cm³/mol. The molecule has 2 aromatic rings. The van der Waals surface area contributed by atoms with E-state index in [1.807, 2.05) is 54.6 Å². The van der Waals surface area contributed by atoms with Crippen LogP contribution in [0.3, 0.4) is 0 Å². The fourth-order valence-corrected chi connectivity index (χ4v) is 3.71. The van der Waals surface area contributed by atoms with E-state index < -0.39 is 5.25 Å². The van der Waals surface area contributed by atoms with Gasteiger partial charge in [-0.15, -0.1) is 0 Å². The number of thioether (sulfide) groups is 1. The molecule has 2 N–H and O–H groups in total. The van der Waals surface area contributed by atoms with Crippen LogP contribution in [0.5, 0.6) is 5.75 Å². The number of methoxy groups -OCH3 is 1. The highest BCUT2D eigenvalue weighted by Crippen LogP contribution is 2.22. The van der Waals surface area contributed by atoms with Crippen LogP contribution in [0, 0.1) is 0 Å². The van der Waals surface area contributed by atoms with Gasteiger partial charge in [-0.05, 0) is 29.7 Å². The van der Waals surface area contributed by atoms with Crippen molar-refractivity contribution >= 4 is 28.7 Å². The normalized spacial score (nSPS) is 17.4. The SMILES string of the molecule is COc1ccc(CCNC(=O)CC2SC(=NCc3ccccc3)NC2=O)cc1. The van der Waals surface area contributed by atoms with Gasteiger partial charge in [-0.2, -0.15) is 0 Å². The summed E-state index contributed by atoms with van der Waals surface area (Å²) in [7, 11) is 1.63. The Hall–Kier alpha value is -2.80.